The zero-order chi connectivity index (χ0) is 19.7. The maximum atomic E-state index is 12.8. The molecule has 4 heteroatoms. The Balaban J connectivity index is 1.57. The van der Waals surface area contributed by atoms with Gasteiger partial charge in [-0.1, -0.05) is 64.0 Å². The summed E-state index contributed by atoms with van der Waals surface area (Å²) in [5.74, 6) is 1.45. The zero-order valence-corrected chi connectivity index (χ0v) is 17.2. The fraction of sp³-hybridized carbons (Fsp3) is 0.125. The number of ether oxygens (including phenoxy) is 2. The molecule has 140 valence electrons. The topological polar surface area (TPSA) is 35.5 Å². The summed E-state index contributed by atoms with van der Waals surface area (Å²) in [4.78, 5) is 12.8. The van der Waals surface area contributed by atoms with Crippen molar-refractivity contribution in [3.8, 4) is 11.5 Å². The van der Waals surface area contributed by atoms with Crippen molar-refractivity contribution in [2.45, 2.75) is 20.5 Å². The highest BCUT2D eigenvalue weighted by molar-refractivity contribution is 9.10. The molecule has 3 aromatic rings. The molecule has 1 heterocycles. The number of halogens is 1. The van der Waals surface area contributed by atoms with Gasteiger partial charge in [0.2, 0.25) is 5.78 Å². The maximum absolute atomic E-state index is 12.8. The third-order valence-corrected chi connectivity index (χ3v) is 5.38. The summed E-state index contributed by atoms with van der Waals surface area (Å²) in [6.45, 7) is 4.42. The fourth-order valence-corrected chi connectivity index (χ4v) is 3.54. The molecule has 0 spiro atoms. The third kappa shape index (κ3) is 3.73. The van der Waals surface area contributed by atoms with E-state index in [-0.39, 0.29) is 5.78 Å². The van der Waals surface area contributed by atoms with Gasteiger partial charge in [0.1, 0.15) is 18.1 Å². The monoisotopic (exact) mass is 434 g/mol. The number of fused-ring (bicyclic) bond motifs is 1. The van der Waals surface area contributed by atoms with Crippen LogP contribution in [0, 0.1) is 13.8 Å². The summed E-state index contributed by atoms with van der Waals surface area (Å²) in [7, 11) is 0. The van der Waals surface area contributed by atoms with Crippen LogP contribution in [0.15, 0.2) is 70.9 Å². The Hall–Kier alpha value is -2.85. The van der Waals surface area contributed by atoms with Gasteiger partial charge in [-0.25, -0.2) is 0 Å². The van der Waals surface area contributed by atoms with Crippen LogP contribution in [0.25, 0.3) is 6.08 Å². The number of carbonyl (C=O) groups is 1. The number of allylic oxidation sites excluding steroid dienone is 1. The van der Waals surface area contributed by atoms with Gasteiger partial charge in [0, 0.05) is 10.5 Å². The molecular weight excluding hydrogens is 416 g/mol. The molecule has 28 heavy (non-hydrogen) atoms. The standard InChI is InChI=1S/C24H19BrO3/c1-15-7-9-17(10-8-15)14-27-19-11-16(2)23-21(13-19)28-22(24(23)26)12-18-5-3-4-6-20(18)25/h3-13H,14H2,1-2H3/b22-12-. The van der Waals surface area contributed by atoms with Gasteiger partial charge in [-0.05, 0) is 48.7 Å². The second-order valence-corrected chi connectivity index (χ2v) is 7.70. The van der Waals surface area contributed by atoms with E-state index in [0.29, 0.717) is 29.4 Å². The quantitative estimate of drug-likeness (QED) is 0.454. The van der Waals surface area contributed by atoms with Gasteiger partial charge >= 0.3 is 0 Å². The van der Waals surface area contributed by atoms with Crippen molar-refractivity contribution in [3.63, 3.8) is 0 Å². The number of rotatable bonds is 4. The van der Waals surface area contributed by atoms with Crippen molar-refractivity contribution < 1.29 is 14.3 Å². The van der Waals surface area contributed by atoms with E-state index >= 15 is 0 Å². The van der Waals surface area contributed by atoms with Crippen molar-refractivity contribution in [2.24, 2.45) is 0 Å². The number of carbonyl (C=O) groups excluding carboxylic acids is 1. The average molecular weight is 435 g/mol. The van der Waals surface area contributed by atoms with Crippen LogP contribution in [-0.4, -0.2) is 5.78 Å². The zero-order valence-electron chi connectivity index (χ0n) is 15.7. The first-order valence-electron chi connectivity index (χ1n) is 9.03. The second-order valence-electron chi connectivity index (χ2n) is 6.85. The summed E-state index contributed by atoms with van der Waals surface area (Å²) in [6, 6.07) is 19.6. The molecule has 0 aliphatic carbocycles. The van der Waals surface area contributed by atoms with E-state index in [1.165, 1.54) is 5.56 Å². The minimum absolute atomic E-state index is 0.103. The minimum Gasteiger partial charge on any atom is -0.489 e. The number of Topliss-reactive ketones (excluding diaryl/α,β-unsaturated/α-hetero) is 1. The molecule has 3 nitrogen and oxygen atoms in total. The fourth-order valence-electron chi connectivity index (χ4n) is 3.15. The molecule has 0 amide bonds. The van der Waals surface area contributed by atoms with Gasteiger partial charge in [0.05, 0.1) is 5.56 Å². The molecule has 0 radical (unpaired) electrons. The van der Waals surface area contributed by atoms with Gasteiger partial charge in [-0.2, -0.15) is 0 Å². The Bertz CT molecular complexity index is 1080. The summed E-state index contributed by atoms with van der Waals surface area (Å²) in [6.07, 6.45) is 1.76. The number of hydrogen-bond acceptors (Lipinski definition) is 3. The molecule has 0 saturated carbocycles. The van der Waals surface area contributed by atoms with Gasteiger partial charge in [-0.3, -0.25) is 4.79 Å². The Morgan fingerprint density at radius 1 is 1.04 bits per heavy atom. The summed E-state index contributed by atoms with van der Waals surface area (Å²) >= 11 is 3.50. The number of aryl methyl sites for hydroxylation is 2. The number of ketones is 1. The SMILES string of the molecule is Cc1ccc(COc2cc(C)c3c(c2)O/C(=C\c2ccccc2Br)C3=O)cc1. The van der Waals surface area contributed by atoms with Crippen LogP contribution >= 0.6 is 15.9 Å². The summed E-state index contributed by atoms with van der Waals surface area (Å²) in [5.41, 5.74) is 4.65. The smallest absolute Gasteiger partial charge is 0.232 e. The molecule has 3 aromatic carbocycles. The second kappa shape index (κ2) is 7.64. The molecular formula is C24H19BrO3. The van der Waals surface area contributed by atoms with Crippen molar-refractivity contribution in [2.75, 3.05) is 0 Å². The van der Waals surface area contributed by atoms with Gasteiger partial charge in [0.15, 0.2) is 5.76 Å². The Morgan fingerprint density at radius 3 is 2.54 bits per heavy atom. The Kier molecular flexibility index (Phi) is 5.05. The Labute approximate surface area is 172 Å². The van der Waals surface area contributed by atoms with Crippen LogP contribution in [0.1, 0.15) is 32.6 Å². The minimum atomic E-state index is -0.103. The normalized spacial score (nSPS) is 14.1. The van der Waals surface area contributed by atoms with E-state index in [0.717, 1.165) is 21.2 Å². The van der Waals surface area contributed by atoms with Crippen LogP contribution in [0.4, 0.5) is 0 Å². The van der Waals surface area contributed by atoms with Crippen molar-refractivity contribution in [1.82, 2.24) is 0 Å². The molecule has 1 aliphatic heterocycles. The van der Waals surface area contributed by atoms with E-state index in [4.69, 9.17) is 9.47 Å². The van der Waals surface area contributed by atoms with Crippen LogP contribution in [0.5, 0.6) is 11.5 Å². The Morgan fingerprint density at radius 2 is 1.79 bits per heavy atom. The predicted molar refractivity (Wildman–Crippen MR) is 114 cm³/mol. The molecule has 0 fully saturated rings. The van der Waals surface area contributed by atoms with Gasteiger partial charge in [-0.15, -0.1) is 0 Å². The molecule has 1 aliphatic rings. The van der Waals surface area contributed by atoms with E-state index in [9.17, 15) is 4.79 Å². The number of benzene rings is 3. The largest absolute Gasteiger partial charge is 0.489 e. The van der Waals surface area contributed by atoms with Crippen molar-refractivity contribution in [1.29, 1.82) is 0 Å². The highest BCUT2D eigenvalue weighted by Gasteiger charge is 2.30. The molecule has 0 atom stereocenters. The average Bonchev–Trinajstić information content (AvgIpc) is 2.99. The molecule has 0 saturated heterocycles. The molecule has 0 N–H and O–H groups in total. The van der Waals surface area contributed by atoms with Crippen LogP contribution in [0.3, 0.4) is 0 Å². The lowest BCUT2D eigenvalue weighted by molar-refractivity contribution is 0.101. The summed E-state index contributed by atoms with van der Waals surface area (Å²) in [5, 5.41) is 0. The maximum Gasteiger partial charge on any atom is 0.232 e. The van der Waals surface area contributed by atoms with Crippen LogP contribution in [-0.2, 0) is 6.61 Å². The lowest BCUT2D eigenvalue weighted by Crippen LogP contribution is -2.00. The van der Waals surface area contributed by atoms with E-state index < -0.39 is 0 Å². The lowest BCUT2D eigenvalue weighted by Gasteiger charge is -2.09. The first-order chi connectivity index (χ1) is 13.5. The van der Waals surface area contributed by atoms with Crippen LogP contribution < -0.4 is 9.47 Å². The molecule has 0 bridgehead atoms. The molecule has 0 aromatic heterocycles. The van der Waals surface area contributed by atoms with Crippen molar-refractivity contribution in [3.05, 3.63) is 98.7 Å². The first-order valence-corrected chi connectivity index (χ1v) is 9.82. The van der Waals surface area contributed by atoms with Crippen LogP contribution in [0.2, 0.25) is 0 Å². The van der Waals surface area contributed by atoms with Crippen molar-refractivity contribution >= 4 is 27.8 Å². The highest BCUT2D eigenvalue weighted by Crippen LogP contribution is 2.38. The van der Waals surface area contributed by atoms with Gasteiger partial charge in [0.25, 0.3) is 0 Å². The summed E-state index contributed by atoms with van der Waals surface area (Å²) < 4.78 is 12.7. The van der Waals surface area contributed by atoms with Gasteiger partial charge < -0.3 is 9.47 Å². The third-order valence-electron chi connectivity index (χ3n) is 4.66. The number of hydrogen-bond donors (Lipinski definition) is 0. The molecule has 0 unspecified atom stereocenters. The highest BCUT2D eigenvalue weighted by atomic mass is 79.9. The van der Waals surface area contributed by atoms with E-state index in [1.54, 1.807) is 12.1 Å². The lowest BCUT2D eigenvalue weighted by atomic mass is 10.0. The predicted octanol–water partition coefficient (Wildman–Crippen LogP) is 6.26. The van der Waals surface area contributed by atoms with E-state index in [1.807, 2.05) is 49.4 Å². The first kappa shape index (κ1) is 18.5. The molecule has 4 rings (SSSR count). The van der Waals surface area contributed by atoms with E-state index in [2.05, 4.69) is 35.0 Å².